The number of nitrogens with one attached hydrogen (secondary N) is 1. The number of benzene rings is 1. The van der Waals surface area contributed by atoms with E-state index in [1.807, 2.05) is 36.4 Å². The maximum absolute atomic E-state index is 12.1. The minimum atomic E-state index is -0.121. The molecule has 1 aliphatic rings. The molecule has 2 aromatic rings. The number of furan rings is 1. The van der Waals surface area contributed by atoms with Crippen molar-refractivity contribution >= 4 is 28.5 Å². The van der Waals surface area contributed by atoms with Crippen LogP contribution in [0.15, 0.2) is 47.1 Å². The van der Waals surface area contributed by atoms with E-state index in [2.05, 4.69) is 32.8 Å². The van der Waals surface area contributed by atoms with Gasteiger partial charge in [0.25, 0.3) is 5.91 Å². The van der Waals surface area contributed by atoms with Gasteiger partial charge in [0.05, 0.1) is 12.3 Å². The van der Waals surface area contributed by atoms with E-state index in [1.165, 1.54) is 12.8 Å². The van der Waals surface area contributed by atoms with Gasteiger partial charge in [-0.15, -0.1) is 0 Å². The third-order valence-electron chi connectivity index (χ3n) is 4.13. The molecule has 1 aliphatic heterocycles. The van der Waals surface area contributed by atoms with Gasteiger partial charge in [-0.1, -0.05) is 0 Å². The molecule has 1 unspecified atom stereocenters. The number of hydrogen-bond acceptors (Lipinski definition) is 4. The molecule has 24 heavy (non-hydrogen) atoms. The average Bonchev–Trinajstić information content (AvgIpc) is 3.29. The molecule has 128 valence electrons. The van der Waals surface area contributed by atoms with Crippen molar-refractivity contribution in [3.63, 3.8) is 0 Å². The first kappa shape index (κ1) is 17.3. The molecule has 1 amide bonds. The number of carbonyl (C=O) groups is 1. The molecule has 0 spiro atoms. The summed E-state index contributed by atoms with van der Waals surface area (Å²) in [5.74, 6) is 1.48. The van der Waals surface area contributed by atoms with Crippen LogP contribution >= 0.6 is 22.6 Å². The molecule has 6 heteroatoms. The van der Waals surface area contributed by atoms with Crippen molar-refractivity contribution in [2.75, 3.05) is 26.2 Å². The Morgan fingerprint density at radius 1 is 1.25 bits per heavy atom. The molecule has 0 radical (unpaired) electrons. The molecule has 5 nitrogen and oxygen atoms in total. The molecule has 0 bridgehead atoms. The Hall–Kier alpha value is -1.54. The summed E-state index contributed by atoms with van der Waals surface area (Å²) in [5.41, 5.74) is 0. The van der Waals surface area contributed by atoms with E-state index in [9.17, 15) is 4.79 Å². The van der Waals surface area contributed by atoms with E-state index in [4.69, 9.17) is 9.15 Å². The maximum Gasteiger partial charge on any atom is 0.258 e. The second kappa shape index (κ2) is 8.53. The van der Waals surface area contributed by atoms with Gasteiger partial charge in [-0.05, 0) is 84.9 Å². The predicted molar refractivity (Wildman–Crippen MR) is 99.9 cm³/mol. The summed E-state index contributed by atoms with van der Waals surface area (Å²) in [6.07, 6.45) is 4.07. The number of halogens is 1. The van der Waals surface area contributed by atoms with Gasteiger partial charge in [-0.2, -0.15) is 0 Å². The fourth-order valence-corrected chi connectivity index (χ4v) is 3.24. The van der Waals surface area contributed by atoms with Crippen molar-refractivity contribution in [3.05, 3.63) is 52.0 Å². The van der Waals surface area contributed by atoms with E-state index in [0.29, 0.717) is 12.3 Å². The smallest absolute Gasteiger partial charge is 0.258 e. The summed E-state index contributed by atoms with van der Waals surface area (Å²) in [5, 5.41) is 2.96. The standard InChI is InChI=1S/C18H21IN2O3/c19-14-5-7-15(8-6-14)24-13-18(22)20-12-16(17-4-3-11-23-17)21-9-1-2-10-21/h3-8,11,16H,1-2,9-10,12-13H2,(H,20,22). The highest BCUT2D eigenvalue weighted by Crippen LogP contribution is 2.24. The Balaban J connectivity index is 1.50. The molecular weight excluding hydrogens is 419 g/mol. The summed E-state index contributed by atoms with van der Waals surface area (Å²) in [4.78, 5) is 14.4. The summed E-state index contributed by atoms with van der Waals surface area (Å²) in [7, 11) is 0. The van der Waals surface area contributed by atoms with Crippen LogP contribution < -0.4 is 10.1 Å². The molecule has 1 N–H and O–H groups in total. The zero-order valence-corrected chi connectivity index (χ0v) is 15.6. The fraction of sp³-hybridized carbons (Fsp3) is 0.389. The Morgan fingerprint density at radius 2 is 2.00 bits per heavy atom. The van der Waals surface area contributed by atoms with Crippen LogP contribution in [0.1, 0.15) is 24.6 Å². The SMILES string of the molecule is O=C(COc1ccc(I)cc1)NCC(c1ccco1)N1CCCC1. The molecule has 0 saturated carbocycles. The van der Waals surface area contributed by atoms with Gasteiger partial charge in [0.1, 0.15) is 11.5 Å². The lowest BCUT2D eigenvalue weighted by Gasteiger charge is -2.26. The number of amides is 1. The lowest BCUT2D eigenvalue weighted by atomic mass is 10.2. The van der Waals surface area contributed by atoms with Gasteiger partial charge >= 0.3 is 0 Å². The highest BCUT2D eigenvalue weighted by Gasteiger charge is 2.25. The lowest BCUT2D eigenvalue weighted by Crippen LogP contribution is -2.38. The van der Waals surface area contributed by atoms with Crippen molar-refractivity contribution in [3.8, 4) is 5.75 Å². The molecular formula is C18H21IN2O3. The van der Waals surface area contributed by atoms with Crippen molar-refractivity contribution in [2.45, 2.75) is 18.9 Å². The van der Waals surface area contributed by atoms with E-state index >= 15 is 0 Å². The number of rotatable bonds is 7. The molecule has 1 aromatic carbocycles. The number of likely N-dealkylation sites (tertiary alicyclic amines) is 1. The number of hydrogen-bond donors (Lipinski definition) is 1. The predicted octanol–water partition coefficient (Wildman–Crippen LogP) is 3.22. The van der Waals surface area contributed by atoms with E-state index in [1.54, 1.807) is 6.26 Å². The Labute approximate surface area is 155 Å². The van der Waals surface area contributed by atoms with Gasteiger partial charge in [-0.3, -0.25) is 9.69 Å². The van der Waals surface area contributed by atoms with Crippen molar-refractivity contribution in [1.82, 2.24) is 10.2 Å². The summed E-state index contributed by atoms with van der Waals surface area (Å²) >= 11 is 2.23. The quantitative estimate of drug-likeness (QED) is 0.672. The Kier molecular flexibility index (Phi) is 6.14. The molecule has 3 rings (SSSR count). The first-order valence-electron chi connectivity index (χ1n) is 8.15. The number of ether oxygens (including phenoxy) is 1. The Morgan fingerprint density at radius 3 is 2.67 bits per heavy atom. The normalized spacial score (nSPS) is 16.0. The first-order valence-corrected chi connectivity index (χ1v) is 9.23. The third-order valence-corrected chi connectivity index (χ3v) is 4.85. The maximum atomic E-state index is 12.1. The second-order valence-electron chi connectivity index (χ2n) is 5.82. The summed E-state index contributed by atoms with van der Waals surface area (Å²) in [6.45, 7) is 2.63. The van der Waals surface area contributed by atoms with Gasteiger partial charge in [0, 0.05) is 10.1 Å². The molecule has 0 aliphatic carbocycles. The van der Waals surface area contributed by atoms with Crippen LogP contribution in [0, 0.1) is 3.57 Å². The van der Waals surface area contributed by atoms with Crippen LogP contribution in [0.4, 0.5) is 0 Å². The topological polar surface area (TPSA) is 54.7 Å². The van der Waals surface area contributed by atoms with Gasteiger partial charge in [-0.25, -0.2) is 0 Å². The number of nitrogens with zero attached hydrogens (tertiary/aromatic N) is 1. The van der Waals surface area contributed by atoms with Gasteiger partial charge < -0.3 is 14.5 Å². The van der Waals surface area contributed by atoms with Crippen LogP contribution in [0.5, 0.6) is 5.75 Å². The third kappa shape index (κ3) is 4.73. The van der Waals surface area contributed by atoms with Crippen molar-refractivity contribution < 1.29 is 13.9 Å². The zero-order chi connectivity index (χ0) is 16.8. The molecule has 1 saturated heterocycles. The molecule has 1 aromatic heterocycles. The Bertz CT molecular complexity index is 637. The monoisotopic (exact) mass is 440 g/mol. The second-order valence-corrected chi connectivity index (χ2v) is 7.07. The fourth-order valence-electron chi connectivity index (χ4n) is 2.89. The van der Waals surface area contributed by atoms with E-state index < -0.39 is 0 Å². The minimum absolute atomic E-state index is 0.0193. The molecule has 1 fully saturated rings. The van der Waals surface area contributed by atoms with Crippen LogP contribution in [0.25, 0.3) is 0 Å². The average molecular weight is 440 g/mol. The zero-order valence-electron chi connectivity index (χ0n) is 13.4. The molecule has 2 heterocycles. The molecule has 1 atom stereocenters. The largest absolute Gasteiger partial charge is 0.484 e. The summed E-state index contributed by atoms with van der Waals surface area (Å²) in [6, 6.07) is 11.6. The van der Waals surface area contributed by atoms with E-state index in [-0.39, 0.29) is 18.6 Å². The van der Waals surface area contributed by atoms with Gasteiger partial charge in [0.2, 0.25) is 0 Å². The summed E-state index contributed by atoms with van der Waals surface area (Å²) < 4.78 is 12.2. The van der Waals surface area contributed by atoms with Crippen molar-refractivity contribution in [2.24, 2.45) is 0 Å². The van der Waals surface area contributed by atoms with Crippen LogP contribution in [0.3, 0.4) is 0 Å². The first-order chi connectivity index (χ1) is 11.7. The van der Waals surface area contributed by atoms with Crippen LogP contribution in [-0.4, -0.2) is 37.0 Å². The highest BCUT2D eigenvalue weighted by atomic mass is 127. The van der Waals surface area contributed by atoms with Crippen molar-refractivity contribution in [1.29, 1.82) is 0 Å². The minimum Gasteiger partial charge on any atom is -0.484 e. The number of carbonyl (C=O) groups excluding carboxylic acids is 1. The van der Waals surface area contributed by atoms with Crippen LogP contribution in [0.2, 0.25) is 0 Å². The lowest BCUT2D eigenvalue weighted by molar-refractivity contribution is -0.123. The highest BCUT2D eigenvalue weighted by molar-refractivity contribution is 14.1. The van der Waals surface area contributed by atoms with Gasteiger partial charge in [0.15, 0.2) is 6.61 Å². The van der Waals surface area contributed by atoms with E-state index in [0.717, 1.165) is 22.4 Å². The van der Waals surface area contributed by atoms with Crippen LogP contribution in [-0.2, 0) is 4.79 Å².